The van der Waals surface area contributed by atoms with Crippen molar-refractivity contribution in [2.24, 2.45) is 5.41 Å². The van der Waals surface area contributed by atoms with E-state index in [1.807, 2.05) is 0 Å². The van der Waals surface area contributed by atoms with Crippen LogP contribution < -0.4 is 5.32 Å². The fourth-order valence-corrected chi connectivity index (χ4v) is 1.96. The number of carbonyl (C=O) groups excluding carboxylic acids is 1. The van der Waals surface area contributed by atoms with E-state index in [-0.39, 0.29) is 17.9 Å². The number of rotatable bonds is 4. The molecule has 1 aliphatic heterocycles. The normalized spacial score (nSPS) is 18.9. The Hall–Kier alpha value is -1.33. The molecule has 0 bridgehead atoms. The number of ether oxygens (including phenoxy) is 1. The second-order valence-electron chi connectivity index (χ2n) is 4.43. The number of nitrogens with one attached hydrogen (secondary N) is 1. The molecule has 2 rings (SSSR count). The van der Waals surface area contributed by atoms with Gasteiger partial charge in [-0.1, -0.05) is 0 Å². The topological polar surface area (TPSA) is 71.7 Å². The third-order valence-electron chi connectivity index (χ3n) is 3.26. The molecule has 1 amide bonds. The molecule has 1 saturated heterocycles. The van der Waals surface area contributed by atoms with Crippen LogP contribution in [0.15, 0.2) is 22.8 Å². The van der Waals surface area contributed by atoms with E-state index in [1.165, 1.54) is 6.26 Å². The maximum Gasteiger partial charge on any atom is 0.286 e. The monoisotopic (exact) mass is 239 g/mol. The van der Waals surface area contributed by atoms with E-state index in [0.29, 0.717) is 25.5 Å². The molecular formula is C12H17NO4. The molecule has 1 aromatic rings. The average Bonchev–Trinajstić information content (AvgIpc) is 2.91. The summed E-state index contributed by atoms with van der Waals surface area (Å²) in [5.74, 6) is 0.0551. The minimum absolute atomic E-state index is 0.0643. The maximum absolute atomic E-state index is 11.7. The quantitative estimate of drug-likeness (QED) is 0.815. The van der Waals surface area contributed by atoms with Gasteiger partial charge in [0.1, 0.15) is 0 Å². The van der Waals surface area contributed by atoms with Gasteiger partial charge in [0.15, 0.2) is 5.76 Å². The van der Waals surface area contributed by atoms with Gasteiger partial charge >= 0.3 is 0 Å². The second-order valence-corrected chi connectivity index (χ2v) is 4.43. The predicted octanol–water partition coefficient (Wildman–Crippen LogP) is 0.798. The summed E-state index contributed by atoms with van der Waals surface area (Å²) in [5, 5.41) is 12.3. The van der Waals surface area contributed by atoms with Crippen molar-refractivity contribution in [3.63, 3.8) is 0 Å². The molecular weight excluding hydrogens is 222 g/mol. The van der Waals surface area contributed by atoms with E-state index in [9.17, 15) is 9.90 Å². The van der Waals surface area contributed by atoms with Gasteiger partial charge in [-0.3, -0.25) is 4.79 Å². The first-order valence-electron chi connectivity index (χ1n) is 5.76. The zero-order valence-corrected chi connectivity index (χ0v) is 9.65. The number of aliphatic hydroxyl groups excluding tert-OH is 1. The molecule has 0 atom stereocenters. The Labute approximate surface area is 99.8 Å². The second kappa shape index (κ2) is 5.33. The van der Waals surface area contributed by atoms with Gasteiger partial charge in [-0.25, -0.2) is 0 Å². The van der Waals surface area contributed by atoms with E-state index in [0.717, 1.165) is 12.8 Å². The van der Waals surface area contributed by atoms with E-state index < -0.39 is 0 Å². The van der Waals surface area contributed by atoms with E-state index in [2.05, 4.69) is 5.32 Å². The zero-order chi connectivity index (χ0) is 12.1. The Balaban J connectivity index is 1.89. The van der Waals surface area contributed by atoms with Gasteiger partial charge < -0.3 is 19.6 Å². The number of carbonyl (C=O) groups is 1. The number of amides is 1. The van der Waals surface area contributed by atoms with Crippen molar-refractivity contribution in [2.75, 3.05) is 26.4 Å². The number of aliphatic hydroxyl groups is 1. The first-order chi connectivity index (χ1) is 8.26. The molecule has 0 spiro atoms. The van der Waals surface area contributed by atoms with Gasteiger partial charge in [0.2, 0.25) is 0 Å². The highest BCUT2D eigenvalue weighted by Crippen LogP contribution is 2.29. The Kier molecular flexibility index (Phi) is 3.81. The minimum atomic E-state index is -0.250. The summed E-state index contributed by atoms with van der Waals surface area (Å²) in [6, 6.07) is 3.29. The van der Waals surface area contributed by atoms with Crippen molar-refractivity contribution >= 4 is 5.91 Å². The van der Waals surface area contributed by atoms with Crippen LogP contribution >= 0.6 is 0 Å². The lowest BCUT2D eigenvalue weighted by molar-refractivity contribution is -0.0147. The minimum Gasteiger partial charge on any atom is -0.459 e. The Morgan fingerprint density at radius 3 is 2.82 bits per heavy atom. The van der Waals surface area contributed by atoms with Crippen LogP contribution in [-0.4, -0.2) is 37.4 Å². The van der Waals surface area contributed by atoms with Crippen LogP contribution in [0.1, 0.15) is 23.4 Å². The highest BCUT2D eigenvalue weighted by molar-refractivity contribution is 5.91. The van der Waals surface area contributed by atoms with Gasteiger partial charge in [-0.2, -0.15) is 0 Å². The van der Waals surface area contributed by atoms with Crippen LogP contribution in [0.2, 0.25) is 0 Å². The van der Waals surface area contributed by atoms with Crippen LogP contribution in [-0.2, 0) is 4.74 Å². The SMILES string of the molecule is O=C(NCC1(CO)CCOCC1)c1ccco1. The summed E-state index contributed by atoms with van der Waals surface area (Å²) >= 11 is 0. The standard InChI is InChI=1S/C12H17NO4/c14-9-12(3-6-16-7-4-12)8-13-11(15)10-2-1-5-17-10/h1-2,5,14H,3-4,6-9H2,(H,13,15). The molecule has 0 aliphatic carbocycles. The number of hydrogen-bond donors (Lipinski definition) is 2. The summed E-state index contributed by atoms with van der Waals surface area (Å²) in [5.41, 5.74) is -0.250. The van der Waals surface area contributed by atoms with Gasteiger partial charge in [-0.15, -0.1) is 0 Å². The average molecular weight is 239 g/mol. The third-order valence-corrected chi connectivity index (χ3v) is 3.26. The summed E-state index contributed by atoms with van der Waals surface area (Å²) in [6.07, 6.45) is 3.00. The van der Waals surface area contributed by atoms with Gasteiger partial charge in [0.25, 0.3) is 5.91 Å². The molecule has 2 N–H and O–H groups in total. The summed E-state index contributed by atoms with van der Waals surface area (Å²) in [6.45, 7) is 1.79. The van der Waals surface area contributed by atoms with E-state index in [4.69, 9.17) is 9.15 Å². The van der Waals surface area contributed by atoms with Crippen LogP contribution in [0.5, 0.6) is 0 Å². The van der Waals surface area contributed by atoms with Crippen LogP contribution in [0, 0.1) is 5.41 Å². The molecule has 2 heterocycles. The predicted molar refractivity (Wildman–Crippen MR) is 60.6 cm³/mol. The highest BCUT2D eigenvalue weighted by atomic mass is 16.5. The smallest absolute Gasteiger partial charge is 0.286 e. The van der Waals surface area contributed by atoms with Crippen LogP contribution in [0.3, 0.4) is 0 Å². The zero-order valence-electron chi connectivity index (χ0n) is 9.65. The molecule has 1 fully saturated rings. The molecule has 0 radical (unpaired) electrons. The fourth-order valence-electron chi connectivity index (χ4n) is 1.96. The van der Waals surface area contributed by atoms with Crippen LogP contribution in [0.4, 0.5) is 0 Å². The third kappa shape index (κ3) is 2.87. The van der Waals surface area contributed by atoms with Gasteiger partial charge in [0.05, 0.1) is 12.9 Å². The molecule has 0 saturated carbocycles. The Morgan fingerprint density at radius 2 is 2.24 bits per heavy atom. The van der Waals surface area contributed by atoms with Crippen molar-refractivity contribution < 1.29 is 19.1 Å². The van der Waals surface area contributed by atoms with Gasteiger partial charge in [-0.05, 0) is 25.0 Å². The lowest BCUT2D eigenvalue weighted by Crippen LogP contribution is -2.43. The van der Waals surface area contributed by atoms with Crippen molar-refractivity contribution in [1.29, 1.82) is 0 Å². The van der Waals surface area contributed by atoms with Crippen molar-refractivity contribution in [3.05, 3.63) is 24.2 Å². The highest BCUT2D eigenvalue weighted by Gasteiger charge is 2.32. The molecule has 94 valence electrons. The van der Waals surface area contributed by atoms with Gasteiger partial charge in [0, 0.05) is 25.2 Å². The summed E-state index contributed by atoms with van der Waals surface area (Å²) < 4.78 is 10.3. The van der Waals surface area contributed by atoms with Crippen molar-refractivity contribution in [1.82, 2.24) is 5.32 Å². The lowest BCUT2D eigenvalue weighted by atomic mass is 9.81. The molecule has 0 aromatic carbocycles. The molecule has 17 heavy (non-hydrogen) atoms. The molecule has 5 heteroatoms. The van der Waals surface area contributed by atoms with Crippen molar-refractivity contribution in [2.45, 2.75) is 12.8 Å². The van der Waals surface area contributed by atoms with Crippen LogP contribution in [0.25, 0.3) is 0 Å². The molecule has 1 aliphatic rings. The maximum atomic E-state index is 11.7. The number of hydrogen-bond acceptors (Lipinski definition) is 4. The Morgan fingerprint density at radius 1 is 1.47 bits per heavy atom. The van der Waals surface area contributed by atoms with E-state index >= 15 is 0 Å². The fraction of sp³-hybridized carbons (Fsp3) is 0.583. The largest absolute Gasteiger partial charge is 0.459 e. The lowest BCUT2D eigenvalue weighted by Gasteiger charge is -2.35. The first-order valence-corrected chi connectivity index (χ1v) is 5.76. The summed E-state index contributed by atoms with van der Waals surface area (Å²) in [4.78, 5) is 11.7. The van der Waals surface area contributed by atoms with Crippen molar-refractivity contribution in [3.8, 4) is 0 Å². The number of furan rings is 1. The van der Waals surface area contributed by atoms with E-state index in [1.54, 1.807) is 12.1 Å². The first kappa shape index (κ1) is 12.1. The molecule has 1 aromatic heterocycles. The Bertz CT molecular complexity index is 355. The summed E-state index contributed by atoms with van der Waals surface area (Å²) in [7, 11) is 0. The molecule has 0 unspecified atom stereocenters. The molecule has 5 nitrogen and oxygen atoms in total.